The number of carbonyl (C=O) groups is 1. The van der Waals surface area contributed by atoms with Gasteiger partial charge in [-0.3, -0.25) is 9.69 Å². The molecular formula is C21H25NO3S. The van der Waals surface area contributed by atoms with Crippen molar-refractivity contribution in [3.8, 4) is 5.75 Å². The number of likely N-dealkylation sites (tertiary alicyclic amines) is 1. The Morgan fingerprint density at radius 3 is 2.65 bits per heavy atom. The van der Waals surface area contributed by atoms with E-state index in [-0.39, 0.29) is 12.0 Å². The summed E-state index contributed by atoms with van der Waals surface area (Å²) in [7, 11) is 1.67. The van der Waals surface area contributed by atoms with Crippen LogP contribution in [-0.4, -0.2) is 42.4 Å². The maximum atomic E-state index is 11.5. The molecule has 1 fully saturated rings. The maximum Gasteiger partial charge on any atom is 0.307 e. The molecule has 0 aliphatic carbocycles. The Morgan fingerprint density at radius 2 is 2.00 bits per heavy atom. The first-order valence-electron chi connectivity index (χ1n) is 8.87. The van der Waals surface area contributed by atoms with Crippen molar-refractivity contribution in [1.82, 2.24) is 4.90 Å². The third kappa shape index (κ3) is 4.22. The van der Waals surface area contributed by atoms with Crippen LogP contribution in [0.3, 0.4) is 0 Å². The number of ether oxygens (including phenoxy) is 1. The number of hydrogen-bond donors (Lipinski definition) is 1. The zero-order chi connectivity index (χ0) is 18.5. The summed E-state index contributed by atoms with van der Waals surface area (Å²) in [6, 6.07) is 16.7. The molecule has 3 rings (SSSR count). The first-order chi connectivity index (χ1) is 12.6. The van der Waals surface area contributed by atoms with Crippen molar-refractivity contribution in [1.29, 1.82) is 0 Å². The number of carboxylic acids is 1. The Hall–Kier alpha value is -1.98. The van der Waals surface area contributed by atoms with Gasteiger partial charge in [-0.05, 0) is 61.0 Å². The minimum absolute atomic E-state index is 0.0307. The second-order valence-corrected chi connectivity index (χ2v) is 7.50. The fourth-order valence-electron chi connectivity index (χ4n) is 3.65. The van der Waals surface area contributed by atoms with E-state index in [1.54, 1.807) is 18.9 Å². The van der Waals surface area contributed by atoms with Crippen molar-refractivity contribution in [3.05, 3.63) is 59.7 Å². The van der Waals surface area contributed by atoms with Crippen LogP contribution in [0.1, 0.15) is 30.0 Å². The standard InChI is InChI=1S/C21H25NO3S/c1-25-18-7-3-5-16(13-18)20(15-8-10-19(26-2)11-9-15)22-12-4-6-17(14-22)21(23)24/h3,5,7-11,13,17,20H,4,6,12,14H2,1-2H3,(H,23,24). The summed E-state index contributed by atoms with van der Waals surface area (Å²) >= 11 is 1.72. The molecule has 1 saturated heterocycles. The van der Waals surface area contributed by atoms with Gasteiger partial charge in [0.25, 0.3) is 0 Å². The number of piperidine rings is 1. The van der Waals surface area contributed by atoms with E-state index in [0.29, 0.717) is 6.54 Å². The Balaban J connectivity index is 1.98. The van der Waals surface area contributed by atoms with Gasteiger partial charge in [-0.1, -0.05) is 24.3 Å². The van der Waals surface area contributed by atoms with Gasteiger partial charge in [0.15, 0.2) is 0 Å². The number of hydrogen-bond acceptors (Lipinski definition) is 4. The molecule has 1 N–H and O–H groups in total. The van der Waals surface area contributed by atoms with Crippen LogP contribution in [0.15, 0.2) is 53.4 Å². The number of carboxylic acid groups (broad SMARTS) is 1. The van der Waals surface area contributed by atoms with Gasteiger partial charge in [-0.2, -0.15) is 0 Å². The van der Waals surface area contributed by atoms with Gasteiger partial charge in [-0.25, -0.2) is 0 Å². The lowest BCUT2D eigenvalue weighted by Gasteiger charge is -2.37. The molecule has 2 atom stereocenters. The van der Waals surface area contributed by atoms with Crippen LogP contribution < -0.4 is 4.74 Å². The fraction of sp³-hybridized carbons (Fsp3) is 0.381. The number of thioether (sulfide) groups is 1. The number of aliphatic carboxylic acids is 1. The minimum atomic E-state index is -0.697. The highest BCUT2D eigenvalue weighted by atomic mass is 32.2. The summed E-state index contributed by atoms with van der Waals surface area (Å²) in [4.78, 5) is 15.0. The third-order valence-electron chi connectivity index (χ3n) is 5.01. The monoisotopic (exact) mass is 371 g/mol. The highest BCUT2D eigenvalue weighted by Gasteiger charge is 2.31. The number of rotatable bonds is 6. The zero-order valence-electron chi connectivity index (χ0n) is 15.2. The molecule has 26 heavy (non-hydrogen) atoms. The molecular weight excluding hydrogens is 346 g/mol. The smallest absolute Gasteiger partial charge is 0.307 e. The Labute approximate surface area is 159 Å². The van der Waals surface area contributed by atoms with Gasteiger partial charge >= 0.3 is 5.97 Å². The lowest BCUT2D eigenvalue weighted by atomic mass is 9.91. The number of methoxy groups -OCH3 is 1. The molecule has 0 amide bonds. The third-order valence-corrected chi connectivity index (χ3v) is 5.75. The lowest BCUT2D eigenvalue weighted by Crippen LogP contribution is -2.41. The molecule has 0 bridgehead atoms. The van der Waals surface area contributed by atoms with E-state index in [9.17, 15) is 9.90 Å². The summed E-state index contributed by atoms with van der Waals surface area (Å²) < 4.78 is 5.41. The molecule has 4 nitrogen and oxygen atoms in total. The number of benzene rings is 2. The van der Waals surface area contributed by atoms with Gasteiger partial charge in [0, 0.05) is 11.4 Å². The summed E-state index contributed by atoms with van der Waals surface area (Å²) in [6.07, 6.45) is 3.72. The molecule has 1 aliphatic rings. The first kappa shape index (κ1) is 18.8. The van der Waals surface area contributed by atoms with Crippen molar-refractivity contribution in [2.75, 3.05) is 26.5 Å². The van der Waals surface area contributed by atoms with Crippen LogP contribution in [0.5, 0.6) is 5.75 Å². The average molecular weight is 372 g/mol. The van der Waals surface area contributed by atoms with Crippen molar-refractivity contribution < 1.29 is 14.6 Å². The summed E-state index contributed by atoms with van der Waals surface area (Å²) in [5.74, 6) is -0.181. The van der Waals surface area contributed by atoms with Gasteiger partial charge in [-0.15, -0.1) is 11.8 Å². The molecule has 1 heterocycles. The van der Waals surface area contributed by atoms with Gasteiger partial charge in [0.1, 0.15) is 5.75 Å². The molecule has 2 aromatic carbocycles. The second-order valence-electron chi connectivity index (χ2n) is 6.62. The SMILES string of the molecule is COc1cccc(C(c2ccc(SC)cc2)N2CCCC(C(=O)O)C2)c1. The second kappa shape index (κ2) is 8.60. The van der Waals surface area contributed by atoms with Crippen LogP contribution in [0.4, 0.5) is 0 Å². The van der Waals surface area contributed by atoms with E-state index in [4.69, 9.17) is 4.74 Å². The molecule has 2 aromatic rings. The predicted molar refractivity (Wildman–Crippen MR) is 105 cm³/mol. The van der Waals surface area contributed by atoms with Gasteiger partial charge < -0.3 is 9.84 Å². The minimum Gasteiger partial charge on any atom is -0.497 e. The Bertz CT molecular complexity index is 747. The highest BCUT2D eigenvalue weighted by molar-refractivity contribution is 7.98. The molecule has 0 radical (unpaired) electrons. The van der Waals surface area contributed by atoms with E-state index in [1.807, 2.05) is 12.1 Å². The molecule has 138 valence electrons. The van der Waals surface area contributed by atoms with E-state index in [1.165, 1.54) is 10.5 Å². The van der Waals surface area contributed by atoms with E-state index in [2.05, 4.69) is 47.6 Å². The predicted octanol–water partition coefficient (Wildman–Crippen LogP) is 4.30. The number of nitrogens with zero attached hydrogens (tertiary/aromatic N) is 1. The lowest BCUT2D eigenvalue weighted by molar-refractivity contribution is -0.143. The Morgan fingerprint density at radius 1 is 1.23 bits per heavy atom. The fourth-order valence-corrected chi connectivity index (χ4v) is 4.06. The Kier molecular flexibility index (Phi) is 6.22. The first-order valence-corrected chi connectivity index (χ1v) is 10.1. The van der Waals surface area contributed by atoms with E-state index >= 15 is 0 Å². The van der Waals surface area contributed by atoms with Crippen molar-refractivity contribution in [2.24, 2.45) is 5.92 Å². The highest BCUT2D eigenvalue weighted by Crippen LogP contribution is 2.34. The van der Waals surface area contributed by atoms with Crippen LogP contribution in [0.25, 0.3) is 0 Å². The molecule has 0 spiro atoms. The van der Waals surface area contributed by atoms with E-state index < -0.39 is 5.97 Å². The largest absolute Gasteiger partial charge is 0.497 e. The van der Waals surface area contributed by atoms with Crippen molar-refractivity contribution in [2.45, 2.75) is 23.8 Å². The maximum absolute atomic E-state index is 11.5. The molecule has 0 saturated carbocycles. The quantitative estimate of drug-likeness (QED) is 0.767. The van der Waals surface area contributed by atoms with E-state index in [0.717, 1.165) is 30.7 Å². The normalized spacial score (nSPS) is 19.1. The molecule has 0 aromatic heterocycles. The van der Waals surface area contributed by atoms with Crippen LogP contribution in [-0.2, 0) is 4.79 Å². The summed E-state index contributed by atoms with van der Waals surface area (Å²) in [6.45, 7) is 1.47. The molecule has 5 heteroatoms. The van der Waals surface area contributed by atoms with Gasteiger partial charge in [0.2, 0.25) is 0 Å². The van der Waals surface area contributed by atoms with Crippen LogP contribution in [0.2, 0.25) is 0 Å². The van der Waals surface area contributed by atoms with Crippen LogP contribution in [0, 0.1) is 5.92 Å². The topological polar surface area (TPSA) is 49.8 Å². The summed E-state index contributed by atoms with van der Waals surface area (Å²) in [5, 5.41) is 9.48. The van der Waals surface area contributed by atoms with Crippen molar-refractivity contribution in [3.63, 3.8) is 0 Å². The van der Waals surface area contributed by atoms with Gasteiger partial charge in [0.05, 0.1) is 19.1 Å². The average Bonchev–Trinajstić information content (AvgIpc) is 2.69. The molecule has 2 unspecified atom stereocenters. The zero-order valence-corrected chi connectivity index (χ0v) is 16.0. The van der Waals surface area contributed by atoms with Crippen LogP contribution >= 0.6 is 11.8 Å². The summed E-state index contributed by atoms with van der Waals surface area (Å²) in [5.41, 5.74) is 2.31. The van der Waals surface area contributed by atoms with Crippen molar-refractivity contribution >= 4 is 17.7 Å². The molecule has 1 aliphatic heterocycles.